The number of nitrogens with zero attached hydrogens (tertiary/aromatic N) is 2. The van der Waals surface area contributed by atoms with E-state index in [0.29, 0.717) is 6.04 Å². The van der Waals surface area contributed by atoms with Crippen molar-refractivity contribution in [2.45, 2.75) is 72.8 Å². The van der Waals surface area contributed by atoms with Crippen molar-refractivity contribution in [2.24, 2.45) is 5.41 Å². The number of unbranched alkanes of at least 4 members (excludes halogenated alkanes) is 3. The van der Waals surface area contributed by atoms with Crippen LogP contribution >= 0.6 is 0 Å². The van der Waals surface area contributed by atoms with Gasteiger partial charge in [0.2, 0.25) is 0 Å². The molecule has 0 saturated carbocycles. The number of carbonyl (C=O) groups excluding carboxylic acids is 1. The third kappa shape index (κ3) is 6.79. The first-order valence-electron chi connectivity index (χ1n) is 8.56. The van der Waals surface area contributed by atoms with Gasteiger partial charge >= 0.3 is 5.97 Å². The fourth-order valence-electron chi connectivity index (χ4n) is 2.54. The quantitative estimate of drug-likeness (QED) is 0.674. The predicted octanol–water partition coefficient (Wildman–Crippen LogP) is 3.47. The van der Waals surface area contributed by atoms with E-state index in [1.807, 2.05) is 25.8 Å². The maximum absolute atomic E-state index is 11.9. The van der Waals surface area contributed by atoms with Crippen molar-refractivity contribution in [3.05, 3.63) is 0 Å². The molecule has 0 spiro atoms. The summed E-state index contributed by atoms with van der Waals surface area (Å²) in [6.45, 7) is 13.9. The van der Waals surface area contributed by atoms with Crippen LogP contribution in [0.4, 0.5) is 0 Å². The zero-order chi connectivity index (χ0) is 15.9. The van der Waals surface area contributed by atoms with Gasteiger partial charge in [-0.25, -0.2) is 4.79 Å². The smallest absolute Gasteiger partial charge is 0.330 e. The fourth-order valence-corrected chi connectivity index (χ4v) is 2.54. The van der Waals surface area contributed by atoms with E-state index < -0.39 is 5.41 Å². The number of hydroxylamine groups is 2. The van der Waals surface area contributed by atoms with Crippen LogP contribution in [-0.4, -0.2) is 48.2 Å². The second-order valence-electron chi connectivity index (χ2n) is 7.29. The third-order valence-electron chi connectivity index (χ3n) is 4.20. The van der Waals surface area contributed by atoms with E-state index in [2.05, 4.69) is 18.7 Å². The van der Waals surface area contributed by atoms with Gasteiger partial charge in [-0.1, -0.05) is 32.6 Å². The van der Waals surface area contributed by atoms with Gasteiger partial charge in [0.05, 0.1) is 5.41 Å². The van der Waals surface area contributed by atoms with Crippen LogP contribution in [0.1, 0.15) is 66.7 Å². The summed E-state index contributed by atoms with van der Waals surface area (Å²) in [5.74, 6) is -0.136. The number of rotatable bonds is 7. The summed E-state index contributed by atoms with van der Waals surface area (Å²) in [6.07, 6.45) is 6.61. The molecule has 0 bridgehead atoms. The highest BCUT2D eigenvalue weighted by atomic mass is 16.7. The average molecular weight is 298 g/mol. The lowest BCUT2D eigenvalue weighted by Crippen LogP contribution is -2.50. The molecule has 1 unspecified atom stereocenters. The number of hydrogen-bond acceptors (Lipinski definition) is 4. The molecule has 1 aliphatic rings. The van der Waals surface area contributed by atoms with Gasteiger partial charge in [-0.15, -0.1) is 5.06 Å². The van der Waals surface area contributed by atoms with E-state index in [9.17, 15) is 4.79 Å². The molecule has 4 heteroatoms. The Kier molecular flexibility index (Phi) is 7.67. The normalized spacial score (nSPS) is 19.5. The van der Waals surface area contributed by atoms with Gasteiger partial charge in [0, 0.05) is 32.2 Å². The van der Waals surface area contributed by atoms with Crippen LogP contribution in [0, 0.1) is 5.41 Å². The maximum Gasteiger partial charge on any atom is 0.330 e. The third-order valence-corrected chi connectivity index (χ3v) is 4.20. The zero-order valence-corrected chi connectivity index (χ0v) is 14.7. The van der Waals surface area contributed by atoms with E-state index in [-0.39, 0.29) is 5.97 Å². The van der Waals surface area contributed by atoms with Crippen LogP contribution in [0.3, 0.4) is 0 Å². The molecule has 1 atom stereocenters. The largest absolute Gasteiger partial charge is 0.367 e. The first-order valence-corrected chi connectivity index (χ1v) is 8.56. The number of hydrogen-bond donors (Lipinski definition) is 0. The molecular weight excluding hydrogens is 264 g/mol. The molecule has 1 aliphatic heterocycles. The Morgan fingerprint density at radius 3 is 2.24 bits per heavy atom. The summed E-state index contributed by atoms with van der Waals surface area (Å²) in [5.41, 5.74) is -0.427. The highest BCUT2D eigenvalue weighted by molar-refractivity contribution is 5.75. The van der Waals surface area contributed by atoms with Crippen molar-refractivity contribution in [3.8, 4) is 0 Å². The molecule has 1 fully saturated rings. The van der Waals surface area contributed by atoms with Crippen LogP contribution in [0.2, 0.25) is 0 Å². The molecular formula is C17H34N2O2. The van der Waals surface area contributed by atoms with Crippen LogP contribution < -0.4 is 0 Å². The standard InChI is InChI=1S/C17H34N2O2/c1-6-7-8-9-10-15(2)18-11-13-19(14-12-18)21-16(20)17(3,4)5/h15H,6-14H2,1-5H3. The van der Waals surface area contributed by atoms with Crippen LogP contribution in [0.15, 0.2) is 0 Å². The molecule has 0 amide bonds. The van der Waals surface area contributed by atoms with Gasteiger partial charge in [0.15, 0.2) is 0 Å². The minimum atomic E-state index is -0.427. The van der Waals surface area contributed by atoms with Crippen molar-refractivity contribution in [1.29, 1.82) is 0 Å². The minimum absolute atomic E-state index is 0.136. The van der Waals surface area contributed by atoms with Crippen LogP contribution in [0.25, 0.3) is 0 Å². The lowest BCUT2D eigenvalue weighted by molar-refractivity contribution is -0.207. The molecule has 0 radical (unpaired) electrons. The molecule has 124 valence electrons. The molecule has 1 heterocycles. The van der Waals surface area contributed by atoms with E-state index in [1.165, 1.54) is 32.1 Å². The van der Waals surface area contributed by atoms with Gasteiger partial charge in [-0.3, -0.25) is 4.90 Å². The van der Waals surface area contributed by atoms with Crippen molar-refractivity contribution >= 4 is 5.97 Å². The Hall–Kier alpha value is -0.610. The number of piperazine rings is 1. The molecule has 1 saturated heterocycles. The minimum Gasteiger partial charge on any atom is -0.367 e. The van der Waals surface area contributed by atoms with Crippen LogP contribution in [-0.2, 0) is 9.63 Å². The SMILES string of the molecule is CCCCCCC(C)N1CCN(OC(=O)C(C)(C)C)CC1. The molecule has 21 heavy (non-hydrogen) atoms. The van der Waals surface area contributed by atoms with E-state index in [0.717, 1.165) is 26.2 Å². The molecule has 0 N–H and O–H groups in total. The topological polar surface area (TPSA) is 32.8 Å². The summed E-state index contributed by atoms with van der Waals surface area (Å²) in [4.78, 5) is 19.9. The molecule has 0 aromatic carbocycles. The maximum atomic E-state index is 11.9. The van der Waals surface area contributed by atoms with Crippen molar-refractivity contribution < 1.29 is 9.63 Å². The Balaban J connectivity index is 2.24. The van der Waals surface area contributed by atoms with Gasteiger partial charge in [0.1, 0.15) is 0 Å². The predicted molar refractivity (Wildman–Crippen MR) is 86.9 cm³/mol. The first-order chi connectivity index (χ1) is 9.84. The molecule has 0 aromatic rings. The summed E-state index contributed by atoms with van der Waals surface area (Å²) in [6, 6.07) is 0.641. The second-order valence-corrected chi connectivity index (χ2v) is 7.29. The lowest BCUT2D eigenvalue weighted by atomic mass is 9.98. The summed E-state index contributed by atoms with van der Waals surface area (Å²) >= 11 is 0. The summed E-state index contributed by atoms with van der Waals surface area (Å²) in [7, 11) is 0. The molecule has 4 nitrogen and oxygen atoms in total. The molecule has 1 rings (SSSR count). The van der Waals surface area contributed by atoms with Gasteiger partial charge in [-0.05, 0) is 34.1 Å². The zero-order valence-electron chi connectivity index (χ0n) is 14.7. The second kappa shape index (κ2) is 8.74. The van der Waals surface area contributed by atoms with E-state index in [1.54, 1.807) is 0 Å². The molecule has 0 aliphatic carbocycles. The first kappa shape index (κ1) is 18.4. The van der Waals surface area contributed by atoms with E-state index >= 15 is 0 Å². The average Bonchev–Trinajstić information content (AvgIpc) is 2.43. The van der Waals surface area contributed by atoms with Crippen LogP contribution in [0.5, 0.6) is 0 Å². The monoisotopic (exact) mass is 298 g/mol. The summed E-state index contributed by atoms with van der Waals surface area (Å²) in [5, 5.41) is 1.83. The Morgan fingerprint density at radius 1 is 1.10 bits per heavy atom. The summed E-state index contributed by atoms with van der Waals surface area (Å²) < 4.78 is 0. The Labute approximate surface area is 130 Å². The van der Waals surface area contributed by atoms with Crippen molar-refractivity contribution in [1.82, 2.24) is 9.96 Å². The Bertz CT molecular complexity index is 304. The van der Waals surface area contributed by atoms with Crippen molar-refractivity contribution in [2.75, 3.05) is 26.2 Å². The van der Waals surface area contributed by atoms with E-state index in [4.69, 9.17) is 4.84 Å². The van der Waals surface area contributed by atoms with Crippen molar-refractivity contribution in [3.63, 3.8) is 0 Å². The Morgan fingerprint density at radius 2 is 1.71 bits per heavy atom. The fraction of sp³-hybridized carbons (Fsp3) is 0.941. The highest BCUT2D eigenvalue weighted by Gasteiger charge is 2.28. The lowest BCUT2D eigenvalue weighted by Gasteiger charge is -2.37. The molecule has 0 aromatic heterocycles. The van der Waals surface area contributed by atoms with Gasteiger partial charge < -0.3 is 4.84 Å². The van der Waals surface area contributed by atoms with Gasteiger partial charge in [-0.2, -0.15) is 0 Å². The highest BCUT2D eigenvalue weighted by Crippen LogP contribution is 2.18. The van der Waals surface area contributed by atoms with Gasteiger partial charge in [0.25, 0.3) is 0 Å². The number of carbonyl (C=O) groups is 1.